The van der Waals surface area contributed by atoms with E-state index in [4.69, 9.17) is 11.6 Å². The van der Waals surface area contributed by atoms with Crippen LogP contribution in [0.3, 0.4) is 0 Å². The molecule has 0 aliphatic heterocycles. The summed E-state index contributed by atoms with van der Waals surface area (Å²) in [6.07, 6.45) is 9.19. The van der Waals surface area contributed by atoms with Gasteiger partial charge in [-0.2, -0.15) is 0 Å². The quantitative estimate of drug-likeness (QED) is 0.623. The Morgan fingerprint density at radius 1 is 1.32 bits per heavy atom. The van der Waals surface area contributed by atoms with Crippen LogP contribution in [0.5, 0.6) is 0 Å². The molecule has 1 heterocycles. The Morgan fingerprint density at radius 3 is 2.84 bits per heavy atom. The zero-order valence-electron chi connectivity index (χ0n) is 11.8. The van der Waals surface area contributed by atoms with Crippen molar-refractivity contribution in [3.63, 3.8) is 0 Å². The standard InChI is InChI=1S/C15H22ClN3/c1-3-6-13-18-14(16)11(2)15(19-13)17-10-9-12-7-4-5-8-12/h7H,3-6,8-10H2,1-2H3,(H,17,18,19). The van der Waals surface area contributed by atoms with Crippen LogP contribution >= 0.6 is 11.6 Å². The lowest BCUT2D eigenvalue weighted by Crippen LogP contribution is -2.09. The second-order valence-electron chi connectivity index (χ2n) is 5.09. The van der Waals surface area contributed by atoms with E-state index in [2.05, 4.69) is 28.3 Å². The second kappa shape index (κ2) is 6.90. The zero-order chi connectivity index (χ0) is 13.7. The Morgan fingerprint density at radius 2 is 2.16 bits per heavy atom. The van der Waals surface area contributed by atoms with Crippen LogP contribution in [0.15, 0.2) is 11.6 Å². The number of aryl methyl sites for hydroxylation is 1. The molecule has 1 aromatic heterocycles. The number of hydrogen-bond acceptors (Lipinski definition) is 3. The van der Waals surface area contributed by atoms with Gasteiger partial charge in [0.1, 0.15) is 16.8 Å². The molecule has 0 saturated heterocycles. The lowest BCUT2D eigenvalue weighted by atomic mass is 10.1. The Bertz CT molecular complexity index is 469. The van der Waals surface area contributed by atoms with Crippen LogP contribution in [0.25, 0.3) is 0 Å². The minimum atomic E-state index is 0.570. The highest BCUT2D eigenvalue weighted by molar-refractivity contribution is 6.30. The van der Waals surface area contributed by atoms with Gasteiger partial charge in [-0.25, -0.2) is 9.97 Å². The van der Waals surface area contributed by atoms with Gasteiger partial charge in [0.05, 0.1) is 0 Å². The molecule has 0 radical (unpaired) electrons. The molecule has 19 heavy (non-hydrogen) atoms. The van der Waals surface area contributed by atoms with Crippen LogP contribution in [-0.4, -0.2) is 16.5 Å². The first-order valence-corrected chi connectivity index (χ1v) is 7.53. The maximum absolute atomic E-state index is 6.16. The minimum absolute atomic E-state index is 0.570. The monoisotopic (exact) mass is 279 g/mol. The van der Waals surface area contributed by atoms with Crippen LogP contribution in [0.2, 0.25) is 5.15 Å². The first-order chi connectivity index (χ1) is 9.20. The van der Waals surface area contributed by atoms with Crippen molar-refractivity contribution in [3.05, 3.63) is 28.2 Å². The van der Waals surface area contributed by atoms with E-state index < -0.39 is 0 Å². The fraction of sp³-hybridized carbons (Fsp3) is 0.600. The smallest absolute Gasteiger partial charge is 0.137 e. The third-order valence-corrected chi connectivity index (χ3v) is 3.85. The molecule has 4 heteroatoms. The Labute approximate surface area is 120 Å². The Kier molecular flexibility index (Phi) is 5.20. The molecule has 0 atom stereocenters. The number of aromatic nitrogens is 2. The summed E-state index contributed by atoms with van der Waals surface area (Å²) < 4.78 is 0. The molecule has 0 fully saturated rings. The number of anilines is 1. The fourth-order valence-corrected chi connectivity index (χ4v) is 2.53. The molecule has 0 unspecified atom stereocenters. The van der Waals surface area contributed by atoms with Crippen LogP contribution in [-0.2, 0) is 6.42 Å². The maximum atomic E-state index is 6.16. The average molecular weight is 280 g/mol. The molecular formula is C15H22ClN3. The van der Waals surface area contributed by atoms with Gasteiger partial charge in [-0.1, -0.05) is 30.2 Å². The zero-order valence-corrected chi connectivity index (χ0v) is 12.6. The molecule has 0 spiro atoms. The van der Waals surface area contributed by atoms with Crippen molar-refractivity contribution in [1.82, 2.24) is 9.97 Å². The molecule has 3 nitrogen and oxygen atoms in total. The van der Waals surface area contributed by atoms with Gasteiger partial charge in [-0.15, -0.1) is 0 Å². The van der Waals surface area contributed by atoms with E-state index in [1.165, 1.54) is 19.3 Å². The summed E-state index contributed by atoms with van der Waals surface area (Å²) in [5, 5.41) is 3.97. The van der Waals surface area contributed by atoms with Gasteiger partial charge in [-0.3, -0.25) is 0 Å². The summed E-state index contributed by atoms with van der Waals surface area (Å²) in [5.74, 6) is 1.72. The van der Waals surface area contributed by atoms with E-state index in [-0.39, 0.29) is 0 Å². The van der Waals surface area contributed by atoms with Gasteiger partial charge < -0.3 is 5.32 Å². The number of nitrogens with zero attached hydrogens (tertiary/aromatic N) is 2. The molecule has 1 aliphatic rings. The number of nitrogens with one attached hydrogen (secondary N) is 1. The largest absolute Gasteiger partial charge is 0.369 e. The molecular weight excluding hydrogens is 258 g/mol. The van der Waals surface area contributed by atoms with Crippen molar-refractivity contribution >= 4 is 17.4 Å². The van der Waals surface area contributed by atoms with E-state index in [9.17, 15) is 0 Å². The fourth-order valence-electron chi connectivity index (χ4n) is 2.35. The molecule has 104 valence electrons. The number of halogens is 1. The average Bonchev–Trinajstić information content (AvgIpc) is 2.88. The van der Waals surface area contributed by atoms with E-state index in [0.717, 1.165) is 43.0 Å². The highest BCUT2D eigenvalue weighted by Crippen LogP contribution is 2.23. The van der Waals surface area contributed by atoms with Crippen molar-refractivity contribution in [3.8, 4) is 0 Å². The van der Waals surface area contributed by atoms with Crippen molar-refractivity contribution in [1.29, 1.82) is 0 Å². The Hall–Kier alpha value is -1.09. The molecule has 1 aromatic rings. The van der Waals surface area contributed by atoms with Gasteiger partial charge in [0.15, 0.2) is 0 Å². The second-order valence-corrected chi connectivity index (χ2v) is 5.44. The number of allylic oxidation sites excluding steroid dienone is 1. The lowest BCUT2D eigenvalue weighted by Gasteiger charge is -2.11. The van der Waals surface area contributed by atoms with Crippen LogP contribution in [0, 0.1) is 6.92 Å². The maximum Gasteiger partial charge on any atom is 0.137 e. The van der Waals surface area contributed by atoms with Crippen molar-refractivity contribution in [2.24, 2.45) is 0 Å². The van der Waals surface area contributed by atoms with Gasteiger partial charge in [0, 0.05) is 18.5 Å². The van der Waals surface area contributed by atoms with Crippen LogP contribution in [0.1, 0.15) is 50.4 Å². The summed E-state index contributed by atoms with van der Waals surface area (Å²) in [6.45, 7) is 5.01. The number of rotatable bonds is 6. The minimum Gasteiger partial charge on any atom is -0.369 e. The van der Waals surface area contributed by atoms with E-state index >= 15 is 0 Å². The highest BCUT2D eigenvalue weighted by atomic mass is 35.5. The first-order valence-electron chi connectivity index (χ1n) is 7.15. The highest BCUT2D eigenvalue weighted by Gasteiger charge is 2.09. The summed E-state index contributed by atoms with van der Waals surface area (Å²) in [6, 6.07) is 0. The normalized spacial score (nSPS) is 14.6. The van der Waals surface area contributed by atoms with Gasteiger partial charge in [0.2, 0.25) is 0 Å². The first kappa shape index (κ1) is 14.3. The molecule has 1 aliphatic carbocycles. The third kappa shape index (κ3) is 3.93. The summed E-state index contributed by atoms with van der Waals surface area (Å²) >= 11 is 6.16. The van der Waals surface area contributed by atoms with E-state index in [1.807, 2.05) is 6.92 Å². The topological polar surface area (TPSA) is 37.8 Å². The van der Waals surface area contributed by atoms with Crippen molar-refractivity contribution in [2.45, 2.75) is 52.4 Å². The van der Waals surface area contributed by atoms with E-state index in [1.54, 1.807) is 5.57 Å². The Balaban J connectivity index is 1.97. The molecule has 0 aromatic carbocycles. The van der Waals surface area contributed by atoms with Crippen LogP contribution < -0.4 is 5.32 Å². The molecule has 1 N–H and O–H groups in total. The lowest BCUT2D eigenvalue weighted by molar-refractivity contribution is 0.825. The third-order valence-electron chi connectivity index (χ3n) is 3.48. The van der Waals surface area contributed by atoms with Gasteiger partial charge in [0.25, 0.3) is 0 Å². The molecule has 0 bridgehead atoms. The summed E-state index contributed by atoms with van der Waals surface area (Å²) in [5.41, 5.74) is 2.51. The van der Waals surface area contributed by atoms with Gasteiger partial charge >= 0.3 is 0 Å². The predicted molar refractivity (Wildman–Crippen MR) is 80.8 cm³/mol. The molecule has 0 saturated carbocycles. The predicted octanol–water partition coefficient (Wildman–Crippen LogP) is 4.30. The summed E-state index contributed by atoms with van der Waals surface area (Å²) in [4.78, 5) is 8.87. The van der Waals surface area contributed by atoms with E-state index in [0.29, 0.717) is 5.15 Å². The van der Waals surface area contributed by atoms with Crippen molar-refractivity contribution < 1.29 is 0 Å². The molecule has 0 amide bonds. The SMILES string of the molecule is CCCc1nc(Cl)c(C)c(NCCC2=CCCC2)n1. The van der Waals surface area contributed by atoms with Crippen LogP contribution in [0.4, 0.5) is 5.82 Å². The summed E-state index contributed by atoms with van der Waals surface area (Å²) in [7, 11) is 0. The van der Waals surface area contributed by atoms with Crippen molar-refractivity contribution in [2.75, 3.05) is 11.9 Å². The molecule has 2 rings (SSSR count). The van der Waals surface area contributed by atoms with Gasteiger partial charge in [-0.05, 0) is 39.0 Å². The number of hydrogen-bond donors (Lipinski definition) is 1.